The first-order valence-corrected chi connectivity index (χ1v) is 23.3. The first-order chi connectivity index (χ1) is 34.2. The van der Waals surface area contributed by atoms with Crippen molar-refractivity contribution in [2.45, 2.75) is 0 Å². The van der Waals surface area contributed by atoms with Crippen molar-refractivity contribution >= 4 is 65.6 Å². The molecule has 0 bridgehead atoms. The fourth-order valence-corrected chi connectivity index (χ4v) is 10.4. The second kappa shape index (κ2) is 15.6. The molecule has 0 aliphatic heterocycles. The smallest absolute Gasteiger partial charge is 0.164 e. The lowest BCUT2D eigenvalue weighted by molar-refractivity contribution is 0.669. The fourth-order valence-electron chi connectivity index (χ4n) is 10.4. The average Bonchev–Trinajstić information content (AvgIpc) is 4.08. The lowest BCUT2D eigenvalue weighted by atomic mass is 9.98. The lowest BCUT2D eigenvalue weighted by Crippen LogP contribution is -2.00. The molecule has 10 aromatic carbocycles. The van der Waals surface area contributed by atoms with Crippen LogP contribution >= 0.6 is 0 Å². The maximum Gasteiger partial charge on any atom is 0.164 e. The predicted molar refractivity (Wildman–Crippen MR) is 283 cm³/mol. The van der Waals surface area contributed by atoms with Gasteiger partial charge in [0.25, 0.3) is 0 Å². The van der Waals surface area contributed by atoms with E-state index in [1.54, 1.807) is 0 Å². The van der Waals surface area contributed by atoms with Crippen molar-refractivity contribution < 1.29 is 4.42 Å². The molecule has 6 nitrogen and oxygen atoms in total. The number of hydrogen-bond donors (Lipinski definition) is 0. The number of nitrogens with zero attached hydrogens (tertiary/aromatic N) is 5. The SMILES string of the molecule is c1ccc(-c2nc(-c3ccccc3)nc(-c3cccc4oc5ccc(-c6ccc7c8cc(-c9ccc%10c(c9)c9ccccc9n%10-c9ccccc9)ccc8n(-c8ccccc8)c7c6)cc5c34)n2)cc1. The van der Waals surface area contributed by atoms with Gasteiger partial charge in [-0.2, -0.15) is 0 Å². The molecule has 322 valence electrons. The van der Waals surface area contributed by atoms with E-state index in [9.17, 15) is 0 Å². The largest absolute Gasteiger partial charge is 0.456 e. The highest BCUT2D eigenvalue weighted by Crippen LogP contribution is 2.42. The third-order valence-electron chi connectivity index (χ3n) is 13.6. The zero-order valence-electron chi connectivity index (χ0n) is 37.2. The summed E-state index contributed by atoms with van der Waals surface area (Å²) in [6.07, 6.45) is 0. The minimum Gasteiger partial charge on any atom is -0.456 e. The minimum absolute atomic E-state index is 0.591. The van der Waals surface area contributed by atoms with Crippen molar-refractivity contribution in [3.05, 3.63) is 237 Å². The van der Waals surface area contributed by atoms with E-state index in [-0.39, 0.29) is 0 Å². The molecule has 4 aromatic heterocycles. The molecule has 6 heteroatoms. The van der Waals surface area contributed by atoms with Crippen LogP contribution in [0.4, 0.5) is 0 Å². The molecule has 0 fully saturated rings. The topological polar surface area (TPSA) is 61.7 Å². The maximum atomic E-state index is 6.56. The molecule has 69 heavy (non-hydrogen) atoms. The van der Waals surface area contributed by atoms with Crippen LogP contribution in [-0.4, -0.2) is 24.1 Å². The predicted octanol–water partition coefficient (Wildman–Crippen LogP) is 16.3. The standard InChI is InChI=1S/C63H39N5O/c1-5-16-40(17-6-1)61-64-62(41-18-7-2-8-19-41)66-63(65-61)50-25-15-27-59-60(50)53-38-44(31-35-58(53)69-59)45-28-32-49-52-37-43(30-34-56(52)68(57(49)39-45)47-22-11-4-12-23-47)42-29-33-55-51(36-42)48-24-13-14-26-54(48)67(55)46-20-9-3-10-21-46/h1-39H. The van der Waals surface area contributed by atoms with Crippen LogP contribution in [0.1, 0.15) is 0 Å². The van der Waals surface area contributed by atoms with E-state index in [1.807, 2.05) is 72.8 Å². The number of furan rings is 1. The maximum absolute atomic E-state index is 6.56. The second-order valence-corrected chi connectivity index (χ2v) is 17.6. The zero-order valence-corrected chi connectivity index (χ0v) is 37.2. The summed E-state index contributed by atoms with van der Waals surface area (Å²) in [5, 5.41) is 6.83. The summed E-state index contributed by atoms with van der Waals surface area (Å²) in [5.41, 5.74) is 15.8. The summed E-state index contributed by atoms with van der Waals surface area (Å²) in [6, 6.07) is 83.5. The van der Waals surface area contributed by atoms with Gasteiger partial charge in [-0.25, -0.2) is 15.0 Å². The molecule has 0 aliphatic rings. The first-order valence-electron chi connectivity index (χ1n) is 23.3. The van der Waals surface area contributed by atoms with Crippen LogP contribution in [0.3, 0.4) is 0 Å². The van der Waals surface area contributed by atoms with Crippen molar-refractivity contribution in [1.82, 2.24) is 24.1 Å². The van der Waals surface area contributed by atoms with Gasteiger partial charge in [0.1, 0.15) is 11.2 Å². The number of rotatable bonds is 7. The van der Waals surface area contributed by atoms with E-state index in [2.05, 4.69) is 173 Å². The van der Waals surface area contributed by atoms with Crippen LogP contribution in [0.15, 0.2) is 241 Å². The number of fused-ring (bicyclic) bond motifs is 9. The lowest BCUT2D eigenvalue weighted by Gasteiger charge is -2.10. The molecule has 4 heterocycles. The first kappa shape index (κ1) is 38.8. The van der Waals surface area contributed by atoms with Crippen molar-refractivity contribution in [2.24, 2.45) is 0 Å². The zero-order chi connectivity index (χ0) is 45.4. The highest BCUT2D eigenvalue weighted by atomic mass is 16.3. The van der Waals surface area contributed by atoms with Gasteiger partial charge in [0.2, 0.25) is 0 Å². The van der Waals surface area contributed by atoms with Gasteiger partial charge in [0.15, 0.2) is 17.5 Å². The molecule has 14 aromatic rings. The molecule has 0 saturated heterocycles. The van der Waals surface area contributed by atoms with E-state index in [1.165, 1.54) is 43.7 Å². The van der Waals surface area contributed by atoms with Crippen molar-refractivity contribution in [1.29, 1.82) is 0 Å². The van der Waals surface area contributed by atoms with Gasteiger partial charge in [-0.05, 0) is 101 Å². The Bertz CT molecular complexity index is 4230. The Hall–Kier alpha value is -9.39. The summed E-state index contributed by atoms with van der Waals surface area (Å²) in [4.78, 5) is 15.2. The molecule has 0 radical (unpaired) electrons. The van der Waals surface area contributed by atoms with Gasteiger partial charge in [-0.15, -0.1) is 0 Å². The molecule has 0 saturated carbocycles. The number of aromatic nitrogens is 5. The van der Waals surface area contributed by atoms with E-state index < -0.39 is 0 Å². The quantitative estimate of drug-likeness (QED) is 0.160. The van der Waals surface area contributed by atoms with Crippen molar-refractivity contribution in [3.63, 3.8) is 0 Å². The molecule has 14 rings (SSSR count). The molecule has 0 unspecified atom stereocenters. The van der Waals surface area contributed by atoms with E-state index >= 15 is 0 Å². The van der Waals surface area contributed by atoms with Gasteiger partial charge in [-0.1, -0.05) is 158 Å². The number of benzene rings is 10. The van der Waals surface area contributed by atoms with E-state index in [0.29, 0.717) is 17.5 Å². The molecular weight excluding hydrogens is 843 g/mol. The number of para-hydroxylation sites is 3. The molecule has 0 spiro atoms. The monoisotopic (exact) mass is 881 g/mol. The Balaban J connectivity index is 0.915. The van der Waals surface area contributed by atoms with Crippen molar-refractivity contribution in [2.75, 3.05) is 0 Å². The molecule has 0 atom stereocenters. The van der Waals surface area contributed by atoms with Crippen LogP contribution in [-0.2, 0) is 0 Å². The second-order valence-electron chi connectivity index (χ2n) is 17.6. The van der Waals surface area contributed by atoms with Gasteiger partial charge in [0, 0.05) is 60.4 Å². The van der Waals surface area contributed by atoms with Crippen LogP contribution in [0, 0.1) is 0 Å². The van der Waals surface area contributed by atoms with Crippen LogP contribution in [0.2, 0.25) is 0 Å². The Morgan fingerprint density at radius 3 is 1.36 bits per heavy atom. The fraction of sp³-hybridized carbons (Fsp3) is 0. The van der Waals surface area contributed by atoms with Crippen LogP contribution < -0.4 is 0 Å². The molecule has 0 aliphatic carbocycles. The summed E-state index contributed by atoms with van der Waals surface area (Å²) in [6.45, 7) is 0. The van der Waals surface area contributed by atoms with E-state index in [4.69, 9.17) is 19.4 Å². The van der Waals surface area contributed by atoms with Crippen LogP contribution in [0.5, 0.6) is 0 Å². The molecular formula is C63H39N5O. The summed E-state index contributed by atoms with van der Waals surface area (Å²) in [7, 11) is 0. The Morgan fingerprint density at radius 1 is 0.275 bits per heavy atom. The third-order valence-corrected chi connectivity index (χ3v) is 13.6. The van der Waals surface area contributed by atoms with Crippen molar-refractivity contribution in [3.8, 4) is 67.8 Å². The summed E-state index contributed by atoms with van der Waals surface area (Å²) < 4.78 is 11.3. The summed E-state index contributed by atoms with van der Waals surface area (Å²) >= 11 is 0. The molecule has 0 N–H and O–H groups in total. The van der Waals surface area contributed by atoms with Gasteiger partial charge < -0.3 is 13.6 Å². The Labute approximate surface area is 396 Å². The number of hydrogen-bond acceptors (Lipinski definition) is 4. The minimum atomic E-state index is 0.591. The normalized spacial score (nSPS) is 11.8. The van der Waals surface area contributed by atoms with Gasteiger partial charge >= 0.3 is 0 Å². The van der Waals surface area contributed by atoms with Gasteiger partial charge in [0.05, 0.1) is 22.1 Å². The molecule has 0 amide bonds. The Morgan fingerprint density at radius 2 is 0.739 bits per heavy atom. The third kappa shape index (κ3) is 6.38. The average molecular weight is 882 g/mol. The van der Waals surface area contributed by atoms with Gasteiger partial charge in [-0.3, -0.25) is 0 Å². The van der Waals surface area contributed by atoms with Crippen LogP contribution in [0.25, 0.3) is 133 Å². The summed E-state index contributed by atoms with van der Waals surface area (Å²) in [5.74, 6) is 1.83. The highest BCUT2D eigenvalue weighted by molar-refractivity contribution is 6.15. The highest BCUT2D eigenvalue weighted by Gasteiger charge is 2.20. The Kier molecular flexibility index (Phi) is 8.79. The van der Waals surface area contributed by atoms with E-state index in [0.717, 1.165) is 72.2 Å².